The van der Waals surface area contributed by atoms with Crippen molar-refractivity contribution >= 4 is 10.0 Å². The number of hydrogen-bond acceptors (Lipinski definition) is 2. The average Bonchev–Trinajstić information content (AvgIpc) is 3.29. The Morgan fingerprint density at radius 2 is 1.70 bits per heavy atom. The lowest BCUT2D eigenvalue weighted by Crippen LogP contribution is -2.14. The summed E-state index contributed by atoms with van der Waals surface area (Å²) in [6.45, 7) is 5.60. The van der Waals surface area contributed by atoms with Crippen LogP contribution in [0.4, 0.5) is 0 Å². The van der Waals surface area contributed by atoms with E-state index in [2.05, 4.69) is 6.58 Å². The van der Waals surface area contributed by atoms with Gasteiger partial charge in [-0.15, -0.1) is 0 Å². The molecule has 0 aliphatic carbocycles. The molecule has 1 unspecified atom stereocenters. The Morgan fingerprint density at radius 1 is 1.04 bits per heavy atom. The van der Waals surface area contributed by atoms with Crippen molar-refractivity contribution in [2.75, 3.05) is 0 Å². The van der Waals surface area contributed by atoms with Crippen molar-refractivity contribution in [1.82, 2.24) is 4.31 Å². The molecule has 3 rings (SSSR count). The summed E-state index contributed by atoms with van der Waals surface area (Å²) in [5.74, 6) is 0. The largest absolute Gasteiger partial charge is 0.244 e. The second-order valence-electron chi connectivity index (χ2n) is 5.61. The highest BCUT2D eigenvalue weighted by atomic mass is 32.2. The molecule has 2 aromatic carbocycles. The maximum absolute atomic E-state index is 12.9. The molecule has 4 heteroatoms. The van der Waals surface area contributed by atoms with Crippen molar-refractivity contribution in [3.63, 3.8) is 0 Å². The maximum Gasteiger partial charge on any atom is 0.244 e. The molecule has 23 heavy (non-hydrogen) atoms. The van der Waals surface area contributed by atoms with Gasteiger partial charge in [0.05, 0.1) is 17.0 Å². The molecule has 2 aromatic rings. The highest BCUT2D eigenvalue weighted by Crippen LogP contribution is 2.48. The van der Waals surface area contributed by atoms with Gasteiger partial charge in [0.2, 0.25) is 10.0 Å². The van der Waals surface area contributed by atoms with Crippen molar-refractivity contribution in [3.8, 4) is 0 Å². The van der Waals surface area contributed by atoms with Gasteiger partial charge in [0.1, 0.15) is 0 Å². The molecule has 1 heterocycles. The van der Waals surface area contributed by atoms with E-state index >= 15 is 0 Å². The summed E-state index contributed by atoms with van der Waals surface area (Å²) in [4.78, 5) is 0.332. The molecule has 1 aliphatic rings. The van der Waals surface area contributed by atoms with Gasteiger partial charge in [-0.1, -0.05) is 72.8 Å². The van der Waals surface area contributed by atoms with Gasteiger partial charge < -0.3 is 0 Å². The molecule has 3 atom stereocenters. The van der Waals surface area contributed by atoms with Gasteiger partial charge in [0, 0.05) is 0 Å². The summed E-state index contributed by atoms with van der Waals surface area (Å²) in [6, 6.07) is 16.4. The Kier molecular flexibility index (Phi) is 4.20. The van der Waals surface area contributed by atoms with Crippen LogP contribution < -0.4 is 0 Å². The van der Waals surface area contributed by atoms with E-state index in [4.69, 9.17) is 0 Å². The minimum Gasteiger partial charge on any atom is -0.207 e. The molecule has 118 valence electrons. The van der Waals surface area contributed by atoms with Crippen LogP contribution in [-0.2, 0) is 10.0 Å². The van der Waals surface area contributed by atoms with E-state index in [1.807, 2.05) is 55.5 Å². The lowest BCUT2D eigenvalue weighted by atomic mass is 10.1. The molecule has 0 spiro atoms. The van der Waals surface area contributed by atoms with E-state index in [1.165, 1.54) is 0 Å². The number of aryl methyl sites for hydroxylation is 1. The lowest BCUT2D eigenvalue weighted by Gasteiger charge is -2.07. The Balaban J connectivity index is 1.97. The summed E-state index contributed by atoms with van der Waals surface area (Å²) in [5.41, 5.74) is 2.04. The lowest BCUT2D eigenvalue weighted by molar-refractivity contribution is 0.550. The van der Waals surface area contributed by atoms with Crippen LogP contribution in [0.2, 0.25) is 0 Å². The Labute approximate surface area is 137 Å². The quantitative estimate of drug-likeness (QED) is 0.618. The van der Waals surface area contributed by atoms with Crippen LogP contribution in [0.1, 0.15) is 17.2 Å². The zero-order valence-electron chi connectivity index (χ0n) is 13.0. The number of sulfonamides is 1. The van der Waals surface area contributed by atoms with Crippen molar-refractivity contribution in [2.24, 2.45) is 0 Å². The Hall–Kier alpha value is -2.17. The first kappa shape index (κ1) is 15.7. The molecule has 1 fully saturated rings. The SMILES string of the molecule is C=C/C=C/[C@@H]1[C@H](c2ccccc2)N1S(=O)(=O)c1ccc(C)cc1. The Bertz CT molecular complexity index is 823. The third-order valence-corrected chi connectivity index (χ3v) is 5.88. The van der Waals surface area contributed by atoms with Crippen molar-refractivity contribution in [1.29, 1.82) is 0 Å². The molecule has 0 N–H and O–H groups in total. The van der Waals surface area contributed by atoms with E-state index in [-0.39, 0.29) is 12.1 Å². The maximum atomic E-state index is 12.9. The fraction of sp³-hybridized carbons (Fsp3) is 0.158. The smallest absolute Gasteiger partial charge is 0.207 e. The van der Waals surface area contributed by atoms with Crippen LogP contribution in [0.5, 0.6) is 0 Å². The molecule has 0 amide bonds. The summed E-state index contributed by atoms with van der Waals surface area (Å²) in [7, 11) is -3.51. The molecule has 0 bridgehead atoms. The first-order valence-corrected chi connectivity index (χ1v) is 8.94. The van der Waals surface area contributed by atoms with Crippen LogP contribution in [-0.4, -0.2) is 18.8 Å². The topological polar surface area (TPSA) is 37.1 Å². The van der Waals surface area contributed by atoms with Gasteiger partial charge >= 0.3 is 0 Å². The van der Waals surface area contributed by atoms with Crippen molar-refractivity contribution in [3.05, 3.63) is 90.5 Å². The fourth-order valence-corrected chi connectivity index (χ4v) is 4.47. The van der Waals surface area contributed by atoms with Gasteiger partial charge in [-0.2, -0.15) is 4.31 Å². The normalized spacial score (nSPS) is 23.8. The molecular weight excluding hydrogens is 306 g/mol. The highest BCUT2D eigenvalue weighted by Gasteiger charge is 2.54. The predicted octanol–water partition coefficient (Wildman–Crippen LogP) is 3.85. The number of rotatable bonds is 5. The van der Waals surface area contributed by atoms with E-state index in [1.54, 1.807) is 28.6 Å². The fourth-order valence-electron chi connectivity index (χ4n) is 2.75. The number of benzene rings is 2. The number of hydrogen-bond donors (Lipinski definition) is 0. The van der Waals surface area contributed by atoms with Crippen LogP contribution in [0.3, 0.4) is 0 Å². The minimum atomic E-state index is -3.51. The standard InChI is InChI=1S/C19H19NO2S/c1-3-4-10-18-19(16-8-6-5-7-9-16)20(18)23(21,22)17-13-11-15(2)12-14-17/h3-14,18-19H,1H2,2H3/b10-4+/t18-,19+,20?/m1/s1. The zero-order chi connectivity index (χ0) is 16.4. The predicted molar refractivity (Wildman–Crippen MR) is 92.5 cm³/mol. The van der Waals surface area contributed by atoms with Crippen LogP contribution in [0.25, 0.3) is 0 Å². The van der Waals surface area contributed by atoms with Crippen molar-refractivity contribution in [2.45, 2.75) is 23.9 Å². The van der Waals surface area contributed by atoms with Gasteiger partial charge in [-0.05, 0) is 24.6 Å². The van der Waals surface area contributed by atoms with E-state index in [0.717, 1.165) is 11.1 Å². The highest BCUT2D eigenvalue weighted by molar-refractivity contribution is 7.89. The molecule has 1 saturated heterocycles. The van der Waals surface area contributed by atoms with Crippen LogP contribution in [0, 0.1) is 6.92 Å². The summed E-state index contributed by atoms with van der Waals surface area (Å²) < 4.78 is 27.4. The van der Waals surface area contributed by atoms with E-state index in [0.29, 0.717) is 4.90 Å². The zero-order valence-corrected chi connectivity index (χ0v) is 13.8. The Morgan fingerprint density at radius 3 is 2.30 bits per heavy atom. The minimum absolute atomic E-state index is 0.154. The van der Waals surface area contributed by atoms with Gasteiger partial charge in [0.25, 0.3) is 0 Å². The third kappa shape index (κ3) is 3.00. The summed E-state index contributed by atoms with van der Waals surface area (Å²) in [6.07, 6.45) is 5.35. The van der Waals surface area contributed by atoms with Crippen LogP contribution >= 0.6 is 0 Å². The van der Waals surface area contributed by atoms with E-state index in [9.17, 15) is 8.42 Å². The van der Waals surface area contributed by atoms with Gasteiger partial charge in [0.15, 0.2) is 0 Å². The molecule has 0 radical (unpaired) electrons. The second-order valence-corrected chi connectivity index (χ2v) is 7.46. The number of allylic oxidation sites excluding steroid dienone is 2. The number of nitrogens with zero attached hydrogens (tertiary/aromatic N) is 1. The third-order valence-electron chi connectivity index (χ3n) is 3.98. The van der Waals surface area contributed by atoms with Crippen LogP contribution in [0.15, 0.2) is 84.3 Å². The summed E-state index contributed by atoms with van der Waals surface area (Å²) in [5, 5.41) is 0. The van der Waals surface area contributed by atoms with E-state index < -0.39 is 10.0 Å². The average molecular weight is 325 g/mol. The molecule has 3 nitrogen and oxygen atoms in total. The molecule has 1 aliphatic heterocycles. The van der Waals surface area contributed by atoms with Gasteiger partial charge in [-0.3, -0.25) is 0 Å². The monoisotopic (exact) mass is 325 g/mol. The van der Waals surface area contributed by atoms with Crippen molar-refractivity contribution < 1.29 is 8.42 Å². The second kappa shape index (κ2) is 6.14. The first-order chi connectivity index (χ1) is 11.1. The van der Waals surface area contributed by atoms with Gasteiger partial charge in [-0.25, -0.2) is 8.42 Å². The molecule has 0 saturated carbocycles. The molecular formula is C19H19NO2S. The first-order valence-electron chi connectivity index (χ1n) is 7.50. The summed E-state index contributed by atoms with van der Waals surface area (Å²) >= 11 is 0. The molecule has 0 aromatic heterocycles.